The van der Waals surface area contributed by atoms with Gasteiger partial charge in [0.1, 0.15) is 11.4 Å². The third-order valence-electron chi connectivity index (χ3n) is 5.75. The first-order valence-corrected chi connectivity index (χ1v) is 10.5. The van der Waals surface area contributed by atoms with E-state index in [0.717, 1.165) is 43.8 Å². The Kier molecular flexibility index (Phi) is 6.07. The first-order valence-electron chi connectivity index (χ1n) is 10.5. The molecule has 0 atom stereocenters. The Morgan fingerprint density at radius 1 is 1.12 bits per heavy atom. The van der Waals surface area contributed by atoms with Crippen molar-refractivity contribution in [2.45, 2.75) is 24.9 Å². The predicted molar refractivity (Wildman–Crippen MR) is 115 cm³/mol. The monoisotopic (exact) mass is 460 g/mol. The Bertz CT molecular complexity index is 1200. The van der Waals surface area contributed by atoms with Crippen LogP contribution in [0.4, 0.5) is 18.9 Å². The van der Waals surface area contributed by atoms with Crippen LogP contribution in [0, 0.1) is 0 Å². The molecule has 1 saturated heterocycles. The molecule has 0 spiro atoms. The summed E-state index contributed by atoms with van der Waals surface area (Å²) in [5.41, 5.74) is 0.255. The maximum absolute atomic E-state index is 13.0. The van der Waals surface area contributed by atoms with Crippen LogP contribution in [0.1, 0.15) is 51.0 Å². The molecule has 3 aromatic heterocycles. The highest BCUT2D eigenvalue weighted by Gasteiger charge is 2.33. The Balaban J connectivity index is 1.67. The summed E-state index contributed by atoms with van der Waals surface area (Å²) in [6.07, 6.45) is -1.24. The molecule has 174 valence electrons. The fraction of sp³-hybridized carbons (Fsp3) is 0.364. The van der Waals surface area contributed by atoms with Crippen molar-refractivity contribution in [3.63, 3.8) is 0 Å². The number of carbonyl (C=O) groups excluding carboxylic acids is 2. The van der Waals surface area contributed by atoms with Gasteiger partial charge in [0.2, 0.25) is 0 Å². The summed E-state index contributed by atoms with van der Waals surface area (Å²) in [5.74, 6) is -1.04. The Morgan fingerprint density at radius 2 is 1.85 bits per heavy atom. The number of carbonyl (C=O) groups is 2. The molecule has 2 N–H and O–H groups in total. The number of rotatable bonds is 4. The molecule has 0 aromatic carbocycles. The minimum absolute atomic E-state index is 0.128. The largest absolute Gasteiger partial charge is 0.433 e. The molecule has 0 bridgehead atoms. The molecule has 2 amide bonds. The number of fused-ring (bicyclic) bond motifs is 1. The predicted octanol–water partition coefficient (Wildman–Crippen LogP) is 3.17. The topological polar surface area (TPSA) is 91.6 Å². The van der Waals surface area contributed by atoms with E-state index in [1.807, 2.05) is 6.07 Å². The minimum Gasteiger partial charge on any atom is -0.355 e. The van der Waals surface area contributed by atoms with Crippen molar-refractivity contribution in [2.75, 3.05) is 32.5 Å². The molecule has 0 aliphatic carbocycles. The van der Waals surface area contributed by atoms with E-state index in [1.165, 1.54) is 19.3 Å². The van der Waals surface area contributed by atoms with E-state index in [-0.39, 0.29) is 17.2 Å². The lowest BCUT2D eigenvalue weighted by molar-refractivity contribution is -0.141. The number of pyridine rings is 2. The van der Waals surface area contributed by atoms with E-state index in [2.05, 4.69) is 32.7 Å². The van der Waals surface area contributed by atoms with Gasteiger partial charge in [-0.3, -0.25) is 9.59 Å². The first kappa shape index (κ1) is 22.7. The van der Waals surface area contributed by atoms with Gasteiger partial charge < -0.3 is 15.5 Å². The summed E-state index contributed by atoms with van der Waals surface area (Å²) < 4.78 is 40.5. The van der Waals surface area contributed by atoms with Crippen LogP contribution in [0.3, 0.4) is 0 Å². The van der Waals surface area contributed by atoms with Gasteiger partial charge in [-0.1, -0.05) is 6.07 Å². The van der Waals surface area contributed by atoms with Gasteiger partial charge >= 0.3 is 6.18 Å². The Morgan fingerprint density at radius 3 is 2.52 bits per heavy atom. The van der Waals surface area contributed by atoms with E-state index in [0.29, 0.717) is 5.52 Å². The van der Waals surface area contributed by atoms with Crippen LogP contribution in [-0.4, -0.2) is 58.5 Å². The number of nitrogens with zero attached hydrogens (tertiary/aromatic N) is 4. The maximum Gasteiger partial charge on any atom is 0.433 e. The van der Waals surface area contributed by atoms with Gasteiger partial charge in [0.15, 0.2) is 0 Å². The van der Waals surface area contributed by atoms with Crippen LogP contribution < -0.4 is 10.6 Å². The minimum atomic E-state index is -4.68. The van der Waals surface area contributed by atoms with Crippen molar-refractivity contribution < 1.29 is 22.8 Å². The van der Waals surface area contributed by atoms with E-state index in [1.54, 1.807) is 10.6 Å². The quantitative estimate of drug-likeness (QED) is 0.624. The van der Waals surface area contributed by atoms with Crippen LogP contribution in [0.5, 0.6) is 0 Å². The zero-order chi connectivity index (χ0) is 23.8. The number of hydrogen-bond acceptors (Lipinski definition) is 5. The molecule has 4 heterocycles. The highest BCUT2D eigenvalue weighted by Crippen LogP contribution is 2.30. The van der Waals surface area contributed by atoms with E-state index < -0.39 is 29.4 Å². The molecule has 33 heavy (non-hydrogen) atoms. The molecule has 4 rings (SSSR count). The number of hydrogen-bond donors (Lipinski definition) is 2. The third kappa shape index (κ3) is 4.82. The van der Waals surface area contributed by atoms with Gasteiger partial charge in [-0.05, 0) is 57.2 Å². The third-order valence-corrected chi connectivity index (χ3v) is 5.75. The number of piperidine rings is 1. The molecule has 1 aliphatic heterocycles. The summed E-state index contributed by atoms with van der Waals surface area (Å²) >= 11 is 0. The van der Waals surface area contributed by atoms with Crippen molar-refractivity contribution in [1.29, 1.82) is 0 Å². The second-order valence-corrected chi connectivity index (χ2v) is 8.06. The SMILES string of the molecule is CNC(=O)c1cn2nc(C3CCN(C)CC3)cc2cc1NC(=O)c1cccc(C(F)(F)F)n1. The van der Waals surface area contributed by atoms with Gasteiger partial charge in [-0.2, -0.15) is 18.3 Å². The summed E-state index contributed by atoms with van der Waals surface area (Å²) in [7, 11) is 3.52. The first-order chi connectivity index (χ1) is 15.7. The number of halogens is 3. The Labute approximate surface area is 187 Å². The lowest BCUT2D eigenvalue weighted by atomic mass is 9.94. The van der Waals surface area contributed by atoms with E-state index in [9.17, 15) is 22.8 Å². The highest BCUT2D eigenvalue weighted by molar-refractivity contribution is 6.08. The zero-order valence-electron chi connectivity index (χ0n) is 18.1. The zero-order valence-corrected chi connectivity index (χ0v) is 18.1. The van der Waals surface area contributed by atoms with Crippen LogP contribution in [-0.2, 0) is 6.18 Å². The standard InChI is InChI=1S/C22H23F3N6O2/c1-26-20(32)15-12-31-14(10-17(29-31)13-6-8-30(2)9-7-13)11-18(15)28-21(33)16-4-3-5-19(27-16)22(23,24)25/h3-5,10-13H,6-9H2,1-2H3,(H,26,32)(H,28,33). The lowest BCUT2D eigenvalue weighted by Crippen LogP contribution is -2.29. The second kappa shape index (κ2) is 8.81. The molecule has 1 fully saturated rings. The molecule has 0 unspecified atom stereocenters. The number of alkyl halides is 3. The fourth-order valence-corrected chi connectivity index (χ4v) is 3.89. The van der Waals surface area contributed by atoms with E-state index in [4.69, 9.17) is 0 Å². The molecule has 8 nitrogen and oxygen atoms in total. The van der Waals surface area contributed by atoms with Crippen LogP contribution in [0.15, 0.2) is 36.5 Å². The van der Waals surface area contributed by atoms with Crippen LogP contribution in [0.2, 0.25) is 0 Å². The van der Waals surface area contributed by atoms with E-state index >= 15 is 0 Å². The fourth-order valence-electron chi connectivity index (χ4n) is 3.89. The van der Waals surface area contributed by atoms with Gasteiger partial charge in [-0.15, -0.1) is 0 Å². The van der Waals surface area contributed by atoms with Gasteiger partial charge in [0.25, 0.3) is 11.8 Å². The average Bonchev–Trinajstić information content (AvgIpc) is 3.21. The molecular weight excluding hydrogens is 437 g/mol. The molecule has 0 radical (unpaired) electrons. The normalized spacial score (nSPS) is 15.5. The second-order valence-electron chi connectivity index (χ2n) is 8.06. The van der Waals surface area contributed by atoms with Crippen molar-refractivity contribution in [3.8, 4) is 0 Å². The van der Waals surface area contributed by atoms with Crippen molar-refractivity contribution >= 4 is 23.0 Å². The van der Waals surface area contributed by atoms with Crippen LogP contribution >= 0.6 is 0 Å². The molecule has 11 heteroatoms. The average molecular weight is 460 g/mol. The number of anilines is 1. The van der Waals surface area contributed by atoms with Crippen molar-refractivity contribution in [1.82, 2.24) is 24.8 Å². The van der Waals surface area contributed by atoms with Crippen LogP contribution in [0.25, 0.3) is 5.52 Å². The maximum atomic E-state index is 13.0. The number of likely N-dealkylation sites (tertiary alicyclic amines) is 1. The molecular formula is C22H23F3N6O2. The summed E-state index contributed by atoms with van der Waals surface area (Å²) in [6, 6.07) is 6.57. The molecule has 0 saturated carbocycles. The van der Waals surface area contributed by atoms with Gasteiger partial charge in [-0.25, -0.2) is 9.50 Å². The summed E-state index contributed by atoms with van der Waals surface area (Å²) in [4.78, 5) is 30.8. The van der Waals surface area contributed by atoms with Gasteiger partial charge in [0.05, 0.1) is 22.5 Å². The summed E-state index contributed by atoms with van der Waals surface area (Å²) in [6.45, 7) is 1.93. The number of nitrogens with one attached hydrogen (secondary N) is 2. The lowest BCUT2D eigenvalue weighted by Gasteiger charge is -2.27. The number of amides is 2. The van der Waals surface area contributed by atoms with Gasteiger partial charge in [0, 0.05) is 19.2 Å². The number of aromatic nitrogens is 3. The highest BCUT2D eigenvalue weighted by atomic mass is 19.4. The van der Waals surface area contributed by atoms with Crippen molar-refractivity contribution in [3.05, 3.63) is 59.2 Å². The van der Waals surface area contributed by atoms with Crippen molar-refractivity contribution in [2.24, 2.45) is 0 Å². The molecule has 3 aromatic rings. The Hall–Kier alpha value is -3.47. The smallest absolute Gasteiger partial charge is 0.355 e. The molecule has 1 aliphatic rings. The summed E-state index contributed by atoms with van der Waals surface area (Å²) in [5, 5.41) is 9.66.